The van der Waals surface area contributed by atoms with Crippen molar-refractivity contribution in [2.75, 3.05) is 11.4 Å². The van der Waals surface area contributed by atoms with Crippen LogP contribution in [0.3, 0.4) is 0 Å². The van der Waals surface area contributed by atoms with E-state index in [1.54, 1.807) is 16.9 Å². The number of carbonyl (C=O) groups is 1. The SMILES string of the molecule is O=C(c1cncc(OS(=O)(=O)F)c1)N1CCn2nccc21. The van der Waals surface area contributed by atoms with Crippen LogP contribution in [0.1, 0.15) is 10.4 Å². The van der Waals surface area contributed by atoms with Crippen LogP contribution < -0.4 is 9.08 Å². The zero-order valence-corrected chi connectivity index (χ0v) is 11.3. The van der Waals surface area contributed by atoms with Gasteiger partial charge in [-0.3, -0.25) is 14.7 Å². The second-order valence-electron chi connectivity index (χ2n) is 4.26. The van der Waals surface area contributed by atoms with Gasteiger partial charge in [-0.15, -0.1) is 0 Å². The molecule has 0 radical (unpaired) electrons. The van der Waals surface area contributed by atoms with Gasteiger partial charge in [-0.1, -0.05) is 3.89 Å². The Kier molecular flexibility index (Phi) is 3.09. The molecule has 0 N–H and O–H groups in total. The van der Waals surface area contributed by atoms with E-state index in [0.717, 1.165) is 12.3 Å². The molecule has 3 heterocycles. The number of fused-ring (bicyclic) bond motifs is 1. The van der Waals surface area contributed by atoms with Crippen molar-refractivity contribution in [2.24, 2.45) is 0 Å². The van der Waals surface area contributed by atoms with Crippen molar-refractivity contribution < 1.29 is 21.3 Å². The molecule has 8 nitrogen and oxygen atoms in total. The monoisotopic (exact) mass is 312 g/mol. The Hall–Kier alpha value is -2.49. The maximum atomic E-state index is 12.5. The minimum absolute atomic E-state index is 0.0887. The van der Waals surface area contributed by atoms with E-state index in [4.69, 9.17) is 0 Å². The molecule has 1 aliphatic rings. The number of rotatable bonds is 3. The topological polar surface area (TPSA) is 94.4 Å². The number of pyridine rings is 1. The molecule has 0 aliphatic carbocycles. The van der Waals surface area contributed by atoms with Gasteiger partial charge in [0.2, 0.25) is 0 Å². The number of aromatic nitrogens is 3. The van der Waals surface area contributed by atoms with Gasteiger partial charge in [0.1, 0.15) is 5.82 Å². The van der Waals surface area contributed by atoms with Crippen molar-refractivity contribution in [3.05, 3.63) is 36.3 Å². The lowest BCUT2D eigenvalue weighted by Crippen LogP contribution is -2.28. The van der Waals surface area contributed by atoms with Crippen molar-refractivity contribution >= 4 is 22.2 Å². The molecule has 0 fully saturated rings. The Morgan fingerprint density at radius 3 is 2.90 bits per heavy atom. The van der Waals surface area contributed by atoms with Gasteiger partial charge in [0.05, 0.1) is 24.5 Å². The summed E-state index contributed by atoms with van der Waals surface area (Å²) in [5.74, 6) is -0.135. The number of hydrogen-bond acceptors (Lipinski definition) is 6. The number of halogens is 1. The zero-order chi connectivity index (χ0) is 15.0. The molecule has 0 atom stereocenters. The highest BCUT2D eigenvalue weighted by atomic mass is 32.3. The van der Waals surface area contributed by atoms with E-state index in [2.05, 4.69) is 14.3 Å². The highest BCUT2D eigenvalue weighted by molar-refractivity contribution is 7.81. The molecule has 1 amide bonds. The summed E-state index contributed by atoms with van der Waals surface area (Å²) < 4.78 is 39.1. The van der Waals surface area contributed by atoms with Crippen molar-refractivity contribution in [1.82, 2.24) is 14.8 Å². The standard InChI is InChI=1S/C11H9FN4O4S/c12-21(18,19)20-9-5-8(6-13-7-9)11(17)15-3-4-16-10(15)1-2-14-16/h1-2,5-7H,3-4H2. The second-order valence-corrected chi connectivity index (χ2v) is 5.21. The van der Waals surface area contributed by atoms with Gasteiger partial charge in [-0.25, -0.2) is 4.68 Å². The molecule has 1 aliphatic heterocycles. The normalized spacial score (nSPS) is 14.0. The van der Waals surface area contributed by atoms with Crippen LogP contribution in [0.2, 0.25) is 0 Å². The van der Waals surface area contributed by atoms with Crippen LogP contribution in [0.5, 0.6) is 5.75 Å². The fourth-order valence-corrected chi connectivity index (χ4v) is 2.42. The maximum Gasteiger partial charge on any atom is 0.488 e. The van der Waals surface area contributed by atoms with Crippen molar-refractivity contribution in [2.45, 2.75) is 6.54 Å². The summed E-state index contributed by atoms with van der Waals surface area (Å²) >= 11 is 0. The molecular formula is C11H9FN4O4S. The van der Waals surface area contributed by atoms with Crippen molar-refractivity contribution in [3.63, 3.8) is 0 Å². The first kappa shape index (κ1) is 13.5. The van der Waals surface area contributed by atoms with Crippen LogP contribution in [0.15, 0.2) is 30.7 Å². The summed E-state index contributed by atoms with van der Waals surface area (Å²) in [6.45, 7) is 1.01. The maximum absolute atomic E-state index is 12.5. The predicted octanol–water partition coefficient (Wildman–Crippen LogP) is 0.532. The van der Waals surface area contributed by atoms with E-state index in [1.165, 1.54) is 11.1 Å². The van der Waals surface area contributed by atoms with E-state index in [0.29, 0.717) is 18.9 Å². The quantitative estimate of drug-likeness (QED) is 0.767. The van der Waals surface area contributed by atoms with Gasteiger partial charge in [-0.05, 0) is 6.07 Å². The van der Waals surface area contributed by atoms with E-state index >= 15 is 0 Å². The van der Waals surface area contributed by atoms with Crippen molar-refractivity contribution in [3.8, 4) is 5.75 Å². The van der Waals surface area contributed by atoms with E-state index in [9.17, 15) is 17.1 Å². The van der Waals surface area contributed by atoms with Crippen LogP contribution in [0, 0.1) is 0 Å². The number of anilines is 1. The molecule has 0 saturated heterocycles. The fraction of sp³-hybridized carbons (Fsp3) is 0.182. The van der Waals surface area contributed by atoms with E-state index in [-0.39, 0.29) is 11.3 Å². The molecule has 3 rings (SSSR count). The summed E-state index contributed by atoms with van der Waals surface area (Å²) in [7, 11) is -5.16. The lowest BCUT2D eigenvalue weighted by atomic mass is 10.2. The highest BCUT2D eigenvalue weighted by Gasteiger charge is 2.26. The summed E-state index contributed by atoms with van der Waals surface area (Å²) in [6, 6.07) is 2.80. The number of carbonyl (C=O) groups excluding carboxylic acids is 1. The minimum atomic E-state index is -5.16. The summed E-state index contributed by atoms with van der Waals surface area (Å²) in [5, 5.41) is 4.04. The minimum Gasteiger partial charge on any atom is -0.357 e. The molecule has 0 unspecified atom stereocenters. The van der Waals surface area contributed by atoms with Gasteiger partial charge < -0.3 is 4.18 Å². The second kappa shape index (κ2) is 4.81. The third-order valence-corrected chi connectivity index (χ3v) is 3.30. The summed E-state index contributed by atoms with van der Waals surface area (Å²) in [5.41, 5.74) is 0.0887. The lowest BCUT2D eigenvalue weighted by Gasteiger charge is -2.14. The van der Waals surface area contributed by atoms with Gasteiger partial charge in [0.15, 0.2) is 5.75 Å². The zero-order valence-electron chi connectivity index (χ0n) is 10.5. The molecule has 21 heavy (non-hydrogen) atoms. The lowest BCUT2D eigenvalue weighted by molar-refractivity contribution is 0.0988. The molecule has 0 saturated carbocycles. The van der Waals surface area contributed by atoms with Crippen molar-refractivity contribution in [1.29, 1.82) is 0 Å². The summed E-state index contributed by atoms with van der Waals surface area (Å²) in [6.07, 6.45) is 3.82. The van der Waals surface area contributed by atoms with Crippen LogP contribution >= 0.6 is 0 Å². The largest absolute Gasteiger partial charge is 0.488 e. The van der Waals surface area contributed by atoms with Crippen LogP contribution in [-0.4, -0.2) is 35.6 Å². The Bertz CT molecular complexity index is 804. The van der Waals surface area contributed by atoms with Gasteiger partial charge in [0, 0.05) is 18.8 Å². The Morgan fingerprint density at radius 2 is 2.14 bits per heavy atom. The van der Waals surface area contributed by atoms with Crippen LogP contribution in [0.25, 0.3) is 0 Å². The third-order valence-electron chi connectivity index (χ3n) is 2.91. The first-order valence-electron chi connectivity index (χ1n) is 5.87. The first-order chi connectivity index (χ1) is 9.94. The smallest absolute Gasteiger partial charge is 0.357 e. The molecule has 0 aromatic carbocycles. The Balaban J connectivity index is 1.88. The van der Waals surface area contributed by atoms with E-state index in [1.807, 2.05) is 0 Å². The fourth-order valence-electron chi connectivity index (χ4n) is 2.09. The molecule has 0 bridgehead atoms. The molecule has 0 spiro atoms. The average Bonchev–Trinajstić information content (AvgIpc) is 2.98. The van der Waals surface area contributed by atoms with Crippen LogP contribution in [-0.2, 0) is 17.0 Å². The van der Waals surface area contributed by atoms with Crippen LogP contribution in [0.4, 0.5) is 9.70 Å². The molecule has 2 aromatic heterocycles. The Morgan fingerprint density at radius 1 is 1.33 bits per heavy atom. The average molecular weight is 312 g/mol. The molecule has 110 valence electrons. The van der Waals surface area contributed by atoms with E-state index < -0.39 is 16.4 Å². The number of hydrogen-bond donors (Lipinski definition) is 0. The third kappa shape index (κ3) is 2.70. The molecule has 2 aromatic rings. The van der Waals surface area contributed by atoms with Gasteiger partial charge in [0.25, 0.3) is 5.91 Å². The predicted molar refractivity (Wildman–Crippen MR) is 68.8 cm³/mol. The molecular weight excluding hydrogens is 303 g/mol. The van der Waals surface area contributed by atoms with Gasteiger partial charge >= 0.3 is 10.5 Å². The number of nitrogens with zero attached hydrogens (tertiary/aromatic N) is 4. The summed E-state index contributed by atoms with van der Waals surface area (Å²) in [4.78, 5) is 17.5. The Labute approximate surface area is 119 Å². The van der Waals surface area contributed by atoms with Gasteiger partial charge in [-0.2, -0.15) is 13.5 Å². The number of amides is 1. The highest BCUT2D eigenvalue weighted by Crippen LogP contribution is 2.23. The first-order valence-corrected chi connectivity index (χ1v) is 7.18. The molecule has 10 heteroatoms.